The number of sulfonamides is 1. The average molecular weight is 714 g/mol. The van der Waals surface area contributed by atoms with Gasteiger partial charge in [0.1, 0.15) is 5.75 Å². The molecule has 0 unspecified atom stereocenters. The number of nitrogens with one attached hydrogen (secondary N) is 3. The largest absolute Gasteiger partial charge is 0.494 e. The molecule has 0 aromatic heterocycles. The Morgan fingerprint density at radius 2 is 1.50 bits per heavy atom. The fraction of sp³-hybridized carbons (Fsp3) is 0.167. The third-order valence-corrected chi connectivity index (χ3v) is 10.6. The van der Waals surface area contributed by atoms with E-state index >= 15 is 0 Å². The maximum atomic E-state index is 13.5. The summed E-state index contributed by atoms with van der Waals surface area (Å²) in [5.41, 5.74) is -1.16. The van der Waals surface area contributed by atoms with Gasteiger partial charge in [-0.3, -0.25) is 9.52 Å². The number of hydrogen-bond donors (Lipinski definition) is 3. The molecule has 0 saturated heterocycles. The molecular formula is C30H27ClF3N3O6S3. The third-order valence-electron chi connectivity index (χ3n) is 6.34. The Bertz CT molecular complexity index is 1940. The number of sulfone groups is 1. The van der Waals surface area contributed by atoms with Crippen LogP contribution in [0.1, 0.15) is 12.5 Å². The highest BCUT2D eigenvalue weighted by atomic mass is 35.5. The number of alkyl halides is 3. The molecule has 4 aromatic rings. The first-order valence-electron chi connectivity index (χ1n) is 13.3. The molecule has 0 heterocycles. The topological polar surface area (TPSA) is 131 Å². The van der Waals surface area contributed by atoms with Crippen LogP contribution in [0.3, 0.4) is 0 Å². The van der Waals surface area contributed by atoms with Gasteiger partial charge in [-0.1, -0.05) is 11.6 Å². The molecule has 16 heteroatoms. The molecule has 4 aromatic carbocycles. The minimum atomic E-state index is -4.78. The summed E-state index contributed by atoms with van der Waals surface area (Å²) in [6, 6.07) is 18.3. The Kier molecular flexibility index (Phi) is 10.8. The summed E-state index contributed by atoms with van der Waals surface area (Å²) in [4.78, 5) is 13.3. The molecule has 1 amide bonds. The second-order valence-electron chi connectivity index (χ2n) is 9.49. The smallest absolute Gasteiger partial charge is 0.417 e. The van der Waals surface area contributed by atoms with E-state index in [0.29, 0.717) is 18.4 Å². The van der Waals surface area contributed by atoms with Gasteiger partial charge in [-0.25, -0.2) is 16.8 Å². The molecule has 0 aliphatic carbocycles. The van der Waals surface area contributed by atoms with E-state index in [4.69, 9.17) is 16.3 Å². The number of carbonyl (C=O) groups excluding carboxylic acids is 1. The van der Waals surface area contributed by atoms with E-state index in [9.17, 15) is 34.8 Å². The minimum absolute atomic E-state index is 0.0628. The standard InChI is InChI=1S/C30H27ClF3N3O6S3/c1-3-43-21-7-15-27(28(17-21)45(39,40)23-12-8-22(44-2)9-13-23)35-18-29(38)36-19-4-10-24(11-5-19)46(41,42)37-20-6-14-26(31)25(16-20)30(32,33)34/h4-17,35,37H,3,18H2,1-2H3,(H,36,38). The van der Waals surface area contributed by atoms with E-state index < -0.39 is 42.5 Å². The van der Waals surface area contributed by atoms with E-state index in [-0.39, 0.29) is 38.3 Å². The monoisotopic (exact) mass is 713 g/mol. The van der Waals surface area contributed by atoms with Gasteiger partial charge in [-0.15, -0.1) is 11.8 Å². The first-order valence-corrected chi connectivity index (χ1v) is 17.9. The fourth-order valence-corrected chi connectivity index (χ4v) is 7.26. The van der Waals surface area contributed by atoms with Gasteiger partial charge in [-0.05, 0) is 92.0 Å². The van der Waals surface area contributed by atoms with Crippen LogP contribution in [0.25, 0.3) is 0 Å². The molecule has 0 aliphatic heterocycles. The first-order chi connectivity index (χ1) is 21.6. The van der Waals surface area contributed by atoms with Gasteiger partial charge >= 0.3 is 6.18 Å². The van der Waals surface area contributed by atoms with Gasteiger partial charge in [-0.2, -0.15) is 13.2 Å². The predicted molar refractivity (Wildman–Crippen MR) is 172 cm³/mol. The summed E-state index contributed by atoms with van der Waals surface area (Å²) < 4.78 is 99.7. The van der Waals surface area contributed by atoms with E-state index in [1.807, 2.05) is 6.26 Å². The van der Waals surface area contributed by atoms with Crippen LogP contribution in [0.5, 0.6) is 5.75 Å². The van der Waals surface area contributed by atoms with Gasteiger partial charge in [0, 0.05) is 22.3 Å². The van der Waals surface area contributed by atoms with Crippen molar-refractivity contribution in [1.82, 2.24) is 0 Å². The number of hydrogen-bond acceptors (Lipinski definition) is 8. The summed E-state index contributed by atoms with van der Waals surface area (Å²) in [6.45, 7) is 1.73. The van der Waals surface area contributed by atoms with Crippen molar-refractivity contribution < 1.29 is 39.5 Å². The van der Waals surface area contributed by atoms with Gasteiger partial charge in [0.15, 0.2) is 0 Å². The van der Waals surface area contributed by atoms with Crippen molar-refractivity contribution in [1.29, 1.82) is 0 Å². The molecule has 0 bridgehead atoms. The quantitative estimate of drug-likeness (QED) is 0.132. The van der Waals surface area contributed by atoms with Crippen molar-refractivity contribution in [3.63, 3.8) is 0 Å². The van der Waals surface area contributed by atoms with Crippen LogP contribution >= 0.6 is 23.4 Å². The summed E-state index contributed by atoms with van der Waals surface area (Å²) in [5.74, 6) is -0.241. The predicted octanol–water partition coefficient (Wildman–Crippen LogP) is 7.16. The van der Waals surface area contributed by atoms with Crippen molar-refractivity contribution in [3.8, 4) is 5.75 Å². The van der Waals surface area contributed by atoms with Crippen LogP contribution in [0.4, 0.5) is 30.2 Å². The fourth-order valence-electron chi connectivity index (χ4n) is 4.13. The zero-order valence-corrected chi connectivity index (χ0v) is 27.4. The summed E-state index contributed by atoms with van der Waals surface area (Å²) >= 11 is 7.07. The SMILES string of the molecule is CCOc1ccc(NCC(=O)Nc2ccc(S(=O)(=O)Nc3ccc(Cl)c(C(F)(F)F)c3)cc2)c(S(=O)(=O)c2ccc(SC)cc2)c1. The molecule has 0 aliphatic rings. The third kappa shape index (κ3) is 8.46. The zero-order chi connectivity index (χ0) is 33.7. The lowest BCUT2D eigenvalue weighted by molar-refractivity contribution is -0.137. The molecule has 0 spiro atoms. The highest BCUT2D eigenvalue weighted by molar-refractivity contribution is 7.98. The minimum Gasteiger partial charge on any atom is -0.494 e. The maximum absolute atomic E-state index is 13.5. The highest BCUT2D eigenvalue weighted by Crippen LogP contribution is 2.37. The highest BCUT2D eigenvalue weighted by Gasteiger charge is 2.33. The van der Waals surface area contributed by atoms with Gasteiger partial charge in [0.2, 0.25) is 15.7 Å². The van der Waals surface area contributed by atoms with Crippen LogP contribution in [0, 0.1) is 0 Å². The van der Waals surface area contributed by atoms with Gasteiger partial charge < -0.3 is 15.4 Å². The van der Waals surface area contributed by atoms with Crippen molar-refractivity contribution in [2.24, 2.45) is 0 Å². The Balaban J connectivity index is 1.46. The number of ether oxygens (including phenoxy) is 1. The summed E-state index contributed by atoms with van der Waals surface area (Å²) in [7, 11) is -8.29. The van der Waals surface area contributed by atoms with Crippen molar-refractivity contribution in [2.45, 2.75) is 32.7 Å². The molecular weight excluding hydrogens is 687 g/mol. The van der Waals surface area contributed by atoms with Crippen LogP contribution in [-0.4, -0.2) is 42.2 Å². The maximum Gasteiger partial charge on any atom is 0.417 e. The molecule has 0 atom stereocenters. The summed E-state index contributed by atoms with van der Waals surface area (Å²) in [6.07, 6.45) is -2.91. The number of benzene rings is 4. The van der Waals surface area contributed by atoms with E-state index in [2.05, 4.69) is 15.4 Å². The zero-order valence-electron chi connectivity index (χ0n) is 24.2. The van der Waals surface area contributed by atoms with Crippen LogP contribution in [-0.2, 0) is 30.8 Å². The van der Waals surface area contributed by atoms with Crippen LogP contribution in [0.15, 0.2) is 105 Å². The Morgan fingerprint density at radius 1 is 0.870 bits per heavy atom. The second-order valence-corrected chi connectivity index (χ2v) is 14.4. The molecule has 0 fully saturated rings. The number of rotatable bonds is 12. The molecule has 0 radical (unpaired) electrons. The average Bonchev–Trinajstić information content (AvgIpc) is 3.01. The molecule has 9 nitrogen and oxygen atoms in total. The Hall–Kier alpha value is -3.92. The first kappa shape index (κ1) is 34.9. The van der Waals surface area contributed by atoms with Crippen molar-refractivity contribution in [3.05, 3.63) is 95.5 Å². The molecule has 0 saturated carbocycles. The second kappa shape index (κ2) is 14.2. The number of thioether (sulfide) groups is 1. The molecule has 4 rings (SSSR count). The van der Waals surface area contributed by atoms with E-state index in [1.165, 1.54) is 48.2 Å². The number of halogens is 4. The molecule has 3 N–H and O–H groups in total. The number of anilines is 3. The van der Waals surface area contributed by atoms with E-state index in [1.54, 1.807) is 25.1 Å². The van der Waals surface area contributed by atoms with Gasteiger partial charge in [0.25, 0.3) is 10.0 Å². The Labute approximate surface area is 273 Å². The van der Waals surface area contributed by atoms with Gasteiger partial charge in [0.05, 0.1) is 44.1 Å². The normalized spacial score (nSPS) is 12.0. The van der Waals surface area contributed by atoms with E-state index in [0.717, 1.165) is 29.2 Å². The number of amides is 1. The molecule has 46 heavy (non-hydrogen) atoms. The lowest BCUT2D eigenvalue weighted by Crippen LogP contribution is -2.22. The van der Waals surface area contributed by atoms with Crippen molar-refractivity contribution in [2.75, 3.05) is 34.8 Å². The van der Waals surface area contributed by atoms with Crippen LogP contribution in [0.2, 0.25) is 5.02 Å². The number of carbonyl (C=O) groups is 1. The van der Waals surface area contributed by atoms with Crippen molar-refractivity contribution >= 4 is 66.2 Å². The lowest BCUT2D eigenvalue weighted by Gasteiger charge is -2.15. The Morgan fingerprint density at radius 3 is 2.11 bits per heavy atom. The summed E-state index contributed by atoms with van der Waals surface area (Å²) in [5, 5.41) is 4.83. The molecule has 244 valence electrons. The lowest BCUT2D eigenvalue weighted by atomic mass is 10.2. The van der Waals surface area contributed by atoms with Crippen LogP contribution < -0.4 is 20.1 Å².